The van der Waals surface area contributed by atoms with E-state index in [0.29, 0.717) is 17.4 Å². The number of pyridine rings is 1. The lowest BCUT2D eigenvalue weighted by molar-refractivity contribution is -0.121. The Balaban J connectivity index is 1.81. The number of carbonyl (C=O) groups excluding carboxylic acids is 1. The summed E-state index contributed by atoms with van der Waals surface area (Å²) in [7, 11) is 0. The zero-order valence-corrected chi connectivity index (χ0v) is 14.6. The number of piperidine rings is 1. The number of hydrogen-bond donors (Lipinski definition) is 2. The molecule has 23 heavy (non-hydrogen) atoms. The zero-order valence-electron chi connectivity index (χ0n) is 13.9. The summed E-state index contributed by atoms with van der Waals surface area (Å²) < 4.78 is 0. The first-order chi connectivity index (χ1) is 11.0. The third-order valence-electron chi connectivity index (χ3n) is 4.77. The van der Waals surface area contributed by atoms with Crippen LogP contribution >= 0.6 is 11.6 Å². The van der Waals surface area contributed by atoms with Crippen molar-refractivity contribution in [1.82, 2.24) is 9.88 Å². The Bertz CT molecular complexity index is 509. The van der Waals surface area contributed by atoms with Gasteiger partial charge >= 0.3 is 0 Å². The van der Waals surface area contributed by atoms with Crippen LogP contribution in [0.4, 0.5) is 5.82 Å². The van der Waals surface area contributed by atoms with E-state index in [9.17, 15) is 9.90 Å². The smallest absolute Gasteiger partial charge is 0.228 e. The van der Waals surface area contributed by atoms with Gasteiger partial charge in [-0.3, -0.25) is 4.79 Å². The normalized spacial score (nSPS) is 17.2. The van der Waals surface area contributed by atoms with E-state index in [1.807, 2.05) is 13.8 Å². The van der Waals surface area contributed by atoms with Gasteiger partial charge in [0.1, 0.15) is 5.82 Å². The van der Waals surface area contributed by atoms with Gasteiger partial charge in [-0.15, -0.1) is 0 Å². The van der Waals surface area contributed by atoms with Crippen LogP contribution in [-0.2, 0) is 4.79 Å². The van der Waals surface area contributed by atoms with Gasteiger partial charge in [0.15, 0.2) is 0 Å². The summed E-state index contributed by atoms with van der Waals surface area (Å²) >= 11 is 5.79. The molecule has 2 rings (SSSR count). The van der Waals surface area contributed by atoms with E-state index in [1.54, 1.807) is 12.1 Å². The molecule has 0 aliphatic carbocycles. The highest BCUT2D eigenvalue weighted by Gasteiger charge is 2.30. The van der Waals surface area contributed by atoms with Crippen LogP contribution in [0, 0.1) is 5.92 Å². The molecule has 128 valence electrons. The van der Waals surface area contributed by atoms with Crippen molar-refractivity contribution >= 4 is 23.3 Å². The van der Waals surface area contributed by atoms with E-state index in [0.717, 1.165) is 38.8 Å². The standard InChI is InChI=1S/C17H26ClN3O2/c1-3-17(23,4-2)12-21-9-7-13(8-10-21)16(22)20-15-6-5-14(18)11-19-15/h5-6,11,13,23H,3-4,7-10,12H2,1-2H3,(H,19,20,22). The van der Waals surface area contributed by atoms with Crippen LogP contribution in [0.25, 0.3) is 0 Å². The number of nitrogens with one attached hydrogen (secondary N) is 1. The molecule has 0 aromatic carbocycles. The first-order valence-electron chi connectivity index (χ1n) is 8.33. The Morgan fingerprint density at radius 1 is 1.39 bits per heavy atom. The molecule has 2 heterocycles. The van der Waals surface area contributed by atoms with Crippen LogP contribution in [0.2, 0.25) is 5.02 Å². The number of rotatable bonds is 6. The largest absolute Gasteiger partial charge is 0.389 e. The number of likely N-dealkylation sites (tertiary alicyclic amines) is 1. The highest BCUT2D eigenvalue weighted by atomic mass is 35.5. The first-order valence-corrected chi connectivity index (χ1v) is 8.70. The number of anilines is 1. The lowest BCUT2D eigenvalue weighted by Crippen LogP contribution is -2.46. The second-order valence-corrected chi connectivity index (χ2v) is 6.77. The predicted octanol–water partition coefficient (Wildman–Crippen LogP) is 2.94. The van der Waals surface area contributed by atoms with Crippen molar-refractivity contribution < 1.29 is 9.90 Å². The number of carbonyl (C=O) groups is 1. The second kappa shape index (κ2) is 8.08. The van der Waals surface area contributed by atoms with E-state index < -0.39 is 5.60 Å². The van der Waals surface area contributed by atoms with Gasteiger partial charge in [-0.2, -0.15) is 0 Å². The van der Waals surface area contributed by atoms with Gasteiger partial charge in [-0.05, 0) is 50.9 Å². The molecule has 1 saturated heterocycles. The number of amides is 1. The fourth-order valence-corrected chi connectivity index (χ4v) is 3.03. The predicted molar refractivity (Wildman–Crippen MR) is 92.6 cm³/mol. The maximum Gasteiger partial charge on any atom is 0.228 e. The van der Waals surface area contributed by atoms with Gasteiger partial charge in [0, 0.05) is 18.7 Å². The SMILES string of the molecule is CCC(O)(CC)CN1CCC(C(=O)Nc2ccc(Cl)cn2)CC1. The molecule has 1 aromatic rings. The molecule has 0 atom stereocenters. The topological polar surface area (TPSA) is 65.5 Å². The quantitative estimate of drug-likeness (QED) is 0.836. The third-order valence-corrected chi connectivity index (χ3v) is 4.99. The minimum Gasteiger partial charge on any atom is -0.389 e. The maximum absolute atomic E-state index is 12.3. The molecule has 1 fully saturated rings. The Labute approximate surface area is 143 Å². The van der Waals surface area contributed by atoms with Crippen molar-refractivity contribution in [3.63, 3.8) is 0 Å². The van der Waals surface area contributed by atoms with Crippen molar-refractivity contribution in [2.45, 2.75) is 45.1 Å². The molecule has 0 bridgehead atoms. The molecule has 1 aromatic heterocycles. The fraction of sp³-hybridized carbons (Fsp3) is 0.647. The number of nitrogens with zero attached hydrogens (tertiary/aromatic N) is 2. The summed E-state index contributed by atoms with van der Waals surface area (Å²) in [6.07, 6.45) is 4.65. The van der Waals surface area contributed by atoms with Crippen molar-refractivity contribution in [2.24, 2.45) is 5.92 Å². The second-order valence-electron chi connectivity index (χ2n) is 6.33. The molecule has 1 aliphatic heterocycles. The minimum atomic E-state index is -0.609. The number of halogens is 1. The van der Waals surface area contributed by atoms with Crippen molar-refractivity contribution in [3.05, 3.63) is 23.4 Å². The van der Waals surface area contributed by atoms with Crippen LogP contribution in [0.3, 0.4) is 0 Å². The number of hydrogen-bond acceptors (Lipinski definition) is 4. The fourth-order valence-electron chi connectivity index (χ4n) is 2.92. The summed E-state index contributed by atoms with van der Waals surface area (Å²) in [6, 6.07) is 3.42. The number of β-amino-alcohol motifs (C(OH)–C–C–N with tert-alkyl or cyclic N) is 1. The van der Waals surface area contributed by atoms with Crippen LogP contribution in [0.15, 0.2) is 18.3 Å². The molecule has 6 heteroatoms. The molecule has 0 saturated carbocycles. The van der Waals surface area contributed by atoms with Crippen LogP contribution in [0.5, 0.6) is 0 Å². The molecule has 5 nitrogen and oxygen atoms in total. The summed E-state index contributed by atoms with van der Waals surface area (Å²) in [4.78, 5) is 18.7. The molecule has 1 aliphatic rings. The van der Waals surface area contributed by atoms with Crippen molar-refractivity contribution in [1.29, 1.82) is 0 Å². The highest BCUT2D eigenvalue weighted by Crippen LogP contribution is 2.23. The summed E-state index contributed by atoms with van der Waals surface area (Å²) in [5.41, 5.74) is -0.609. The molecule has 0 unspecified atom stereocenters. The van der Waals surface area contributed by atoms with Crippen molar-refractivity contribution in [3.8, 4) is 0 Å². The van der Waals surface area contributed by atoms with Gasteiger partial charge < -0.3 is 15.3 Å². The van der Waals surface area contributed by atoms with E-state index in [2.05, 4.69) is 15.2 Å². The highest BCUT2D eigenvalue weighted by molar-refractivity contribution is 6.30. The lowest BCUT2D eigenvalue weighted by Gasteiger charge is -2.37. The molecule has 2 N–H and O–H groups in total. The van der Waals surface area contributed by atoms with Crippen LogP contribution in [-0.4, -0.2) is 46.1 Å². The van der Waals surface area contributed by atoms with E-state index >= 15 is 0 Å². The number of aromatic nitrogens is 1. The maximum atomic E-state index is 12.3. The van der Waals surface area contributed by atoms with Crippen molar-refractivity contribution in [2.75, 3.05) is 25.0 Å². The minimum absolute atomic E-state index is 0.0000685. The van der Waals surface area contributed by atoms with Gasteiger partial charge in [0.05, 0.1) is 10.6 Å². The van der Waals surface area contributed by atoms with E-state index in [1.165, 1.54) is 6.20 Å². The molecular weight excluding hydrogens is 314 g/mol. The van der Waals surface area contributed by atoms with Gasteiger partial charge in [-0.1, -0.05) is 25.4 Å². The Hall–Kier alpha value is -1.17. The molecule has 1 amide bonds. The molecule has 0 radical (unpaired) electrons. The zero-order chi connectivity index (χ0) is 16.9. The van der Waals surface area contributed by atoms with Gasteiger partial charge in [0.25, 0.3) is 0 Å². The summed E-state index contributed by atoms with van der Waals surface area (Å²) in [5, 5.41) is 13.8. The third kappa shape index (κ3) is 5.16. The van der Waals surface area contributed by atoms with Crippen LogP contribution < -0.4 is 5.32 Å². The summed E-state index contributed by atoms with van der Waals surface area (Å²) in [6.45, 7) is 6.40. The lowest BCUT2D eigenvalue weighted by atomic mass is 9.92. The van der Waals surface area contributed by atoms with E-state index in [-0.39, 0.29) is 11.8 Å². The van der Waals surface area contributed by atoms with Crippen LogP contribution in [0.1, 0.15) is 39.5 Å². The molecule has 0 spiro atoms. The molecular formula is C17H26ClN3O2. The summed E-state index contributed by atoms with van der Waals surface area (Å²) in [5.74, 6) is 0.550. The average molecular weight is 340 g/mol. The Morgan fingerprint density at radius 3 is 2.57 bits per heavy atom. The Morgan fingerprint density at radius 2 is 2.04 bits per heavy atom. The first kappa shape index (κ1) is 18.2. The van der Waals surface area contributed by atoms with E-state index in [4.69, 9.17) is 11.6 Å². The van der Waals surface area contributed by atoms with Gasteiger partial charge in [0.2, 0.25) is 5.91 Å². The number of aliphatic hydroxyl groups is 1. The van der Waals surface area contributed by atoms with Gasteiger partial charge in [-0.25, -0.2) is 4.98 Å². The average Bonchev–Trinajstić information content (AvgIpc) is 2.57. The Kier molecular flexibility index (Phi) is 6.39. The monoisotopic (exact) mass is 339 g/mol.